The molecule has 1 fully saturated rings. The Kier molecular flexibility index (Phi) is 4.57. The monoisotopic (exact) mass is 360 g/mol. The summed E-state index contributed by atoms with van der Waals surface area (Å²) in [5.74, 6) is -1.23. The summed E-state index contributed by atoms with van der Waals surface area (Å²) in [6, 6.07) is 6.37. The molecule has 0 aromatic heterocycles. The van der Waals surface area contributed by atoms with Crippen molar-refractivity contribution in [1.29, 1.82) is 5.26 Å². The Hall–Kier alpha value is -1.48. The van der Waals surface area contributed by atoms with Crippen molar-refractivity contribution >= 4 is 52.4 Å². The van der Waals surface area contributed by atoms with Crippen molar-refractivity contribution in [3.63, 3.8) is 0 Å². The van der Waals surface area contributed by atoms with Gasteiger partial charge in [-0.25, -0.2) is 0 Å². The van der Waals surface area contributed by atoms with Crippen LogP contribution in [-0.4, -0.2) is 22.8 Å². The summed E-state index contributed by atoms with van der Waals surface area (Å²) in [4.78, 5) is 23.6. The molecule has 0 aliphatic heterocycles. The molecule has 1 unspecified atom stereocenters. The fourth-order valence-corrected chi connectivity index (χ4v) is 2.68. The Morgan fingerprint density at radius 2 is 2.09 bits per heavy atom. The number of anilines is 1. The van der Waals surface area contributed by atoms with Gasteiger partial charge in [0.1, 0.15) is 15.8 Å². The van der Waals surface area contributed by atoms with E-state index < -0.39 is 28.2 Å². The number of nitrogens with zero attached hydrogens (tertiary/aromatic N) is 1. The summed E-state index contributed by atoms with van der Waals surface area (Å²) in [6.45, 7) is 1.06. The van der Waals surface area contributed by atoms with Crippen LogP contribution < -0.4 is 5.32 Å². The fourth-order valence-electron chi connectivity index (χ4n) is 1.82. The topological polar surface area (TPSA) is 79.2 Å². The number of benzene rings is 1. The number of nitriles is 1. The molecular weight excluding hydrogens is 351 g/mol. The van der Waals surface area contributed by atoms with Crippen LogP contribution in [0.5, 0.6) is 0 Å². The van der Waals surface area contributed by atoms with E-state index in [4.69, 9.17) is 44.8 Å². The molecule has 1 aromatic rings. The maximum atomic E-state index is 11.8. The number of ether oxygens (including phenoxy) is 1. The second kappa shape index (κ2) is 5.96. The lowest BCUT2D eigenvalue weighted by molar-refractivity contribution is -0.152. The maximum Gasteiger partial charge on any atom is 0.315 e. The summed E-state index contributed by atoms with van der Waals surface area (Å²) < 4.78 is 3.76. The zero-order chi connectivity index (χ0) is 16.5. The molecule has 1 atom stereocenters. The first kappa shape index (κ1) is 16.9. The third kappa shape index (κ3) is 3.30. The van der Waals surface area contributed by atoms with Crippen LogP contribution in [0.25, 0.3) is 0 Å². The molecular formula is C14H11Cl3N2O3. The molecule has 0 bridgehead atoms. The van der Waals surface area contributed by atoms with Gasteiger partial charge in [-0.2, -0.15) is 5.26 Å². The molecule has 5 nitrogen and oxygen atoms in total. The van der Waals surface area contributed by atoms with Gasteiger partial charge in [-0.3, -0.25) is 9.59 Å². The lowest BCUT2D eigenvalue weighted by Crippen LogP contribution is -2.27. The highest BCUT2D eigenvalue weighted by Crippen LogP contribution is 2.64. The molecule has 1 N–H and O–H groups in total. The van der Waals surface area contributed by atoms with Crippen molar-refractivity contribution in [3.05, 3.63) is 28.8 Å². The van der Waals surface area contributed by atoms with Crippen LogP contribution in [0.3, 0.4) is 0 Å². The predicted octanol–water partition coefficient (Wildman–Crippen LogP) is 3.28. The van der Waals surface area contributed by atoms with Crippen molar-refractivity contribution in [2.24, 2.45) is 5.41 Å². The number of carbonyl (C=O) groups excluding carboxylic acids is 2. The number of rotatable bonds is 4. The quantitative estimate of drug-likeness (QED) is 0.659. The summed E-state index contributed by atoms with van der Waals surface area (Å²) in [6.07, 6.45) is 0.274. The van der Waals surface area contributed by atoms with Crippen LogP contribution in [0.4, 0.5) is 5.69 Å². The molecule has 1 amide bonds. The van der Waals surface area contributed by atoms with Crippen LogP contribution in [-0.2, 0) is 14.3 Å². The van der Waals surface area contributed by atoms with Gasteiger partial charge in [0.2, 0.25) is 0 Å². The highest BCUT2D eigenvalue weighted by Gasteiger charge is 2.69. The number of hydrogen-bond donors (Lipinski definition) is 1. The van der Waals surface area contributed by atoms with Gasteiger partial charge in [0, 0.05) is 11.4 Å². The standard InChI is InChI=1S/C14H11Cl3N2O3/c1-13(7-14(13,16)17)12(21)22-6-11(20)19-10-4-9(15)3-2-8(10)5-18/h2-4H,6-7H2,1H3,(H,19,20). The maximum absolute atomic E-state index is 11.8. The van der Waals surface area contributed by atoms with Crippen LogP contribution in [0.2, 0.25) is 5.02 Å². The molecule has 0 spiro atoms. The van der Waals surface area contributed by atoms with E-state index >= 15 is 0 Å². The minimum atomic E-state index is -1.15. The number of nitrogens with one attached hydrogen (secondary N) is 1. The van der Waals surface area contributed by atoms with Gasteiger partial charge >= 0.3 is 5.97 Å². The normalized spacial score (nSPS) is 21.6. The minimum absolute atomic E-state index is 0.248. The zero-order valence-corrected chi connectivity index (χ0v) is 13.7. The molecule has 0 heterocycles. The van der Waals surface area contributed by atoms with Crippen molar-refractivity contribution in [3.8, 4) is 6.07 Å². The number of alkyl halides is 2. The molecule has 0 saturated heterocycles. The molecule has 1 aliphatic rings. The SMILES string of the molecule is CC1(C(=O)OCC(=O)Nc2cc(Cl)ccc2C#N)CC1(Cl)Cl. The second-order valence-electron chi connectivity index (χ2n) is 5.14. The first-order valence-corrected chi connectivity index (χ1v) is 7.37. The Labute approximate surface area is 142 Å². The molecule has 1 aromatic carbocycles. The molecule has 22 heavy (non-hydrogen) atoms. The second-order valence-corrected chi connectivity index (χ2v) is 7.06. The van der Waals surface area contributed by atoms with E-state index in [0.29, 0.717) is 5.02 Å². The van der Waals surface area contributed by atoms with Gasteiger partial charge in [-0.05, 0) is 25.1 Å². The lowest BCUT2D eigenvalue weighted by Gasteiger charge is -2.12. The highest BCUT2D eigenvalue weighted by atomic mass is 35.5. The predicted molar refractivity (Wildman–Crippen MR) is 82.9 cm³/mol. The van der Waals surface area contributed by atoms with Gasteiger partial charge in [0.15, 0.2) is 6.61 Å². The Morgan fingerprint density at radius 3 is 2.64 bits per heavy atom. The van der Waals surface area contributed by atoms with E-state index in [2.05, 4.69) is 5.32 Å². The van der Waals surface area contributed by atoms with Crippen molar-refractivity contribution in [1.82, 2.24) is 0 Å². The summed E-state index contributed by atoms with van der Waals surface area (Å²) in [5.41, 5.74) is -0.499. The van der Waals surface area contributed by atoms with Gasteiger partial charge in [0.25, 0.3) is 5.91 Å². The Balaban J connectivity index is 1.94. The lowest BCUT2D eigenvalue weighted by atomic mass is 10.1. The van der Waals surface area contributed by atoms with Gasteiger partial charge in [-0.1, -0.05) is 11.6 Å². The number of hydrogen-bond acceptors (Lipinski definition) is 4. The van der Waals surface area contributed by atoms with Crippen molar-refractivity contribution < 1.29 is 14.3 Å². The average Bonchev–Trinajstić information content (AvgIpc) is 2.96. The minimum Gasteiger partial charge on any atom is -0.455 e. The summed E-state index contributed by atoms with van der Waals surface area (Å²) in [7, 11) is 0. The first-order valence-electron chi connectivity index (χ1n) is 6.24. The molecule has 116 valence electrons. The van der Waals surface area contributed by atoms with E-state index in [9.17, 15) is 9.59 Å². The highest BCUT2D eigenvalue weighted by molar-refractivity contribution is 6.53. The van der Waals surface area contributed by atoms with Crippen LogP contribution >= 0.6 is 34.8 Å². The van der Waals surface area contributed by atoms with Gasteiger partial charge < -0.3 is 10.1 Å². The number of halogens is 3. The summed E-state index contributed by atoms with van der Waals surface area (Å²) >= 11 is 17.5. The van der Waals surface area contributed by atoms with E-state index in [1.54, 1.807) is 6.92 Å². The molecule has 0 radical (unpaired) electrons. The average molecular weight is 362 g/mol. The van der Waals surface area contributed by atoms with Crippen LogP contribution in [0.15, 0.2) is 18.2 Å². The first-order chi connectivity index (χ1) is 10.2. The third-order valence-electron chi connectivity index (χ3n) is 3.42. The van der Waals surface area contributed by atoms with Gasteiger partial charge in [0.05, 0.1) is 11.3 Å². The number of amides is 1. The Morgan fingerprint density at radius 1 is 1.45 bits per heavy atom. The number of esters is 1. The fraction of sp³-hybridized carbons (Fsp3) is 0.357. The van der Waals surface area contributed by atoms with E-state index in [0.717, 1.165) is 0 Å². The largest absolute Gasteiger partial charge is 0.455 e. The van der Waals surface area contributed by atoms with Crippen molar-refractivity contribution in [2.75, 3.05) is 11.9 Å². The molecule has 1 saturated carbocycles. The smallest absolute Gasteiger partial charge is 0.315 e. The van der Waals surface area contributed by atoms with Crippen LogP contribution in [0, 0.1) is 16.7 Å². The Bertz CT molecular complexity index is 684. The molecule has 1 aliphatic carbocycles. The van der Waals surface area contributed by atoms with Gasteiger partial charge in [-0.15, -0.1) is 23.2 Å². The molecule has 8 heteroatoms. The van der Waals surface area contributed by atoms with Crippen molar-refractivity contribution in [2.45, 2.75) is 17.7 Å². The number of carbonyl (C=O) groups is 2. The molecule has 2 rings (SSSR count). The van der Waals surface area contributed by atoms with Crippen LogP contribution in [0.1, 0.15) is 18.9 Å². The van der Waals surface area contributed by atoms with E-state index in [-0.39, 0.29) is 17.7 Å². The third-order valence-corrected chi connectivity index (χ3v) is 4.76. The zero-order valence-electron chi connectivity index (χ0n) is 11.5. The summed E-state index contributed by atoms with van der Waals surface area (Å²) in [5, 5.41) is 11.8. The van der Waals surface area contributed by atoms with E-state index in [1.807, 2.05) is 6.07 Å². The van der Waals surface area contributed by atoms with E-state index in [1.165, 1.54) is 18.2 Å².